The van der Waals surface area contributed by atoms with Crippen molar-refractivity contribution in [2.24, 2.45) is 4.99 Å². The second kappa shape index (κ2) is 10.3. The van der Waals surface area contributed by atoms with Crippen LogP contribution in [-0.2, 0) is 10.0 Å². The third kappa shape index (κ3) is 6.88. The van der Waals surface area contributed by atoms with Crippen LogP contribution in [0.3, 0.4) is 0 Å². The van der Waals surface area contributed by atoms with Crippen molar-refractivity contribution in [3.63, 3.8) is 0 Å². The minimum Gasteiger partial charge on any atom is -0.357 e. The molecule has 1 aromatic rings. The second-order valence-corrected chi connectivity index (χ2v) is 7.98. The summed E-state index contributed by atoms with van der Waals surface area (Å²) >= 11 is 0. The van der Waals surface area contributed by atoms with Crippen LogP contribution in [0.2, 0.25) is 0 Å². The standard InChI is InChI=1S/C17H30N4O2S/c1-5-18-17(20-15(3)16-11-8-7-9-12-16)19-13-10-14-21(4)24(22,23)6-2/h7-9,11-12,15H,5-6,10,13-14H2,1-4H3,(H2,18,19,20). The van der Waals surface area contributed by atoms with E-state index in [4.69, 9.17) is 0 Å². The molecule has 1 atom stereocenters. The molecule has 1 rings (SSSR count). The summed E-state index contributed by atoms with van der Waals surface area (Å²) in [6.07, 6.45) is 0.687. The first-order valence-electron chi connectivity index (χ1n) is 8.44. The fourth-order valence-corrected chi connectivity index (χ4v) is 3.04. The number of guanidine groups is 1. The fraction of sp³-hybridized carbons (Fsp3) is 0.588. The van der Waals surface area contributed by atoms with E-state index in [1.54, 1.807) is 14.0 Å². The average molecular weight is 355 g/mol. The maximum absolute atomic E-state index is 11.7. The Morgan fingerprint density at radius 3 is 2.50 bits per heavy atom. The number of sulfonamides is 1. The van der Waals surface area contributed by atoms with Crippen molar-refractivity contribution in [3.05, 3.63) is 35.9 Å². The zero-order valence-electron chi connectivity index (χ0n) is 15.1. The smallest absolute Gasteiger partial charge is 0.213 e. The lowest BCUT2D eigenvalue weighted by Crippen LogP contribution is -2.39. The van der Waals surface area contributed by atoms with Crippen molar-refractivity contribution in [2.75, 3.05) is 32.4 Å². The highest BCUT2D eigenvalue weighted by Crippen LogP contribution is 2.10. The van der Waals surface area contributed by atoms with Crippen molar-refractivity contribution in [3.8, 4) is 0 Å². The first-order chi connectivity index (χ1) is 11.4. The lowest BCUT2D eigenvalue weighted by Gasteiger charge is -2.18. The number of rotatable bonds is 9. The quantitative estimate of drug-likeness (QED) is 0.404. The zero-order valence-corrected chi connectivity index (χ0v) is 15.9. The highest BCUT2D eigenvalue weighted by molar-refractivity contribution is 7.89. The predicted octanol–water partition coefficient (Wildman–Crippen LogP) is 1.97. The molecule has 24 heavy (non-hydrogen) atoms. The molecule has 136 valence electrons. The van der Waals surface area contributed by atoms with E-state index in [1.807, 2.05) is 25.1 Å². The number of hydrogen-bond acceptors (Lipinski definition) is 3. The maximum atomic E-state index is 11.7. The van der Waals surface area contributed by atoms with E-state index >= 15 is 0 Å². The molecule has 6 nitrogen and oxygen atoms in total. The number of aliphatic imine (C=N–C) groups is 1. The molecule has 1 aromatic carbocycles. The van der Waals surface area contributed by atoms with Crippen LogP contribution < -0.4 is 10.6 Å². The highest BCUT2D eigenvalue weighted by Gasteiger charge is 2.14. The predicted molar refractivity (Wildman–Crippen MR) is 101 cm³/mol. The van der Waals surface area contributed by atoms with Gasteiger partial charge in [-0.25, -0.2) is 12.7 Å². The molecule has 0 aromatic heterocycles. The van der Waals surface area contributed by atoms with Crippen molar-refractivity contribution < 1.29 is 8.42 Å². The molecule has 0 spiro atoms. The molecule has 0 aliphatic rings. The number of nitrogens with one attached hydrogen (secondary N) is 2. The van der Waals surface area contributed by atoms with Crippen LogP contribution in [0.4, 0.5) is 0 Å². The van der Waals surface area contributed by atoms with Crippen molar-refractivity contribution in [2.45, 2.75) is 33.2 Å². The van der Waals surface area contributed by atoms with Gasteiger partial charge in [-0.3, -0.25) is 4.99 Å². The van der Waals surface area contributed by atoms with Crippen molar-refractivity contribution in [1.82, 2.24) is 14.9 Å². The first kappa shape index (κ1) is 20.4. The number of benzene rings is 1. The molecular weight excluding hydrogens is 324 g/mol. The molecule has 1 unspecified atom stereocenters. The van der Waals surface area contributed by atoms with E-state index in [0.717, 1.165) is 12.5 Å². The van der Waals surface area contributed by atoms with Gasteiger partial charge in [-0.2, -0.15) is 0 Å². The van der Waals surface area contributed by atoms with Gasteiger partial charge >= 0.3 is 0 Å². The Labute approximate surface area is 146 Å². The van der Waals surface area contributed by atoms with Crippen LogP contribution in [-0.4, -0.2) is 51.1 Å². The van der Waals surface area contributed by atoms with E-state index in [0.29, 0.717) is 19.5 Å². The monoisotopic (exact) mass is 354 g/mol. The van der Waals surface area contributed by atoms with Crippen LogP contribution in [0, 0.1) is 0 Å². The normalized spacial score (nSPS) is 13.8. The molecule has 0 saturated heterocycles. The topological polar surface area (TPSA) is 73.8 Å². The largest absolute Gasteiger partial charge is 0.357 e. The van der Waals surface area contributed by atoms with E-state index < -0.39 is 10.0 Å². The summed E-state index contributed by atoms with van der Waals surface area (Å²) in [5.41, 5.74) is 1.19. The molecule has 0 saturated carbocycles. The Hall–Kier alpha value is -1.60. The minimum atomic E-state index is -3.11. The molecule has 0 heterocycles. The van der Waals surface area contributed by atoms with Gasteiger partial charge in [-0.05, 0) is 32.8 Å². The van der Waals surface area contributed by atoms with Crippen molar-refractivity contribution >= 4 is 16.0 Å². The Balaban J connectivity index is 2.54. The summed E-state index contributed by atoms with van der Waals surface area (Å²) < 4.78 is 24.8. The number of nitrogens with zero attached hydrogens (tertiary/aromatic N) is 2. The van der Waals surface area contributed by atoms with Gasteiger partial charge < -0.3 is 10.6 Å². The number of hydrogen-bond donors (Lipinski definition) is 2. The van der Waals surface area contributed by atoms with Crippen LogP contribution in [0.5, 0.6) is 0 Å². The lowest BCUT2D eigenvalue weighted by atomic mass is 10.1. The maximum Gasteiger partial charge on any atom is 0.213 e. The van der Waals surface area contributed by atoms with Gasteiger partial charge in [0.15, 0.2) is 5.96 Å². The third-order valence-corrected chi connectivity index (χ3v) is 5.60. The molecule has 0 aliphatic carbocycles. The summed E-state index contributed by atoms with van der Waals surface area (Å²) in [5.74, 6) is 0.876. The lowest BCUT2D eigenvalue weighted by molar-refractivity contribution is 0.464. The molecule has 7 heteroatoms. The van der Waals surface area contributed by atoms with E-state index in [2.05, 4.69) is 34.7 Å². The molecular formula is C17H30N4O2S. The first-order valence-corrected chi connectivity index (χ1v) is 10.1. The Morgan fingerprint density at radius 2 is 1.92 bits per heavy atom. The molecule has 0 amide bonds. The summed E-state index contributed by atoms with van der Waals surface area (Å²) in [7, 11) is -1.50. The highest BCUT2D eigenvalue weighted by atomic mass is 32.2. The summed E-state index contributed by atoms with van der Waals surface area (Å²) in [6, 6.07) is 10.3. The minimum absolute atomic E-state index is 0.131. The van der Waals surface area contributed by atoms with Crippen molar-refractivity contribution in [1.29, 1.82) is 0 Å². The zero-order chi connectivity index (χ0) is 18.0. The van der Waals surface area contributed by atoms with Crippen LogP contribution in [0.1, 0.15) is 38.8 Å². The third-order valence-electron chi connectivity index (χ3n) is 3.74. The SMILES string of the molecule is CCNC(=NCCCN(C)S(=O)(=O)CC)NC(C)c1ccccc1. The van der Waals surface area contributed by atoms with Gasteiger partial charge in [0.25, 0.3) is 0 Å². The van der Waals surface area contributed by atoms with Gasteiger partial charge in [-0.1, -0.05) is 30.3 Å². The Morgan fingerprint density at radius 1 is 1.25 bits per heavy atom. The van der Waals surface area contributed by atoms with E-state index in [-0.39, 0.29) is 11.8 Å². The molecule has 0 radical (unpaired) electrons. The van der Waals surface area contributed by atoms with Crippen LogP contribution in [0.25, 0.3) is 0 Å². The summed E-state index contributed by atoms with van der Waals surface area (Å²) in [5, 5.41) is 6.59. The van der Waals surface area contributed by atoms with E-state index in [1.165, 1.54) is 9.87 Å². The van der Waals surface area contributed by atoms with Gasteiger partial charge in [0.05, 0.1) is 11.8 Å². The molecule has 2 N–H and O–H groups in total. The van der Waals surface area contributed by atoms with Gasteiger partial charge in [0.1, 0.15) is 0 Å². The van der Waals surface area contributed by atoms with Gasteiger partial charge in [0, 0.05) is 26.7 Å². The van der Waals surface area contributed by atoms with Crippen LogP contribution >= 0.6 is 0 Å². The average Bonchev–Trinajstić information content (AvgIpc) is 2.59. The molecule has 0 aliphatic heterocycles. The summed E-state index contributed by atoms with van der Waals surface area (Å²) in [6.45, 7) is 7.59. The van der Waals surface area contributed by atoms with Gasteiger partial charge in [0.2, 0.25) is 10.0 Å². The second-order valence-electron chi connectivity index (χ2n) is 5.61. The van der Waals surface area contributed by atoms with Crippen LogP contribution in [0.15, 0.2) is 35.3 Å². The molecule has 0 bridgehead atoms. The fourth-order valence-electron chi connectivity index (χ4n) is 2.19. The van der Waals surface area contributed by atoms with E-state index in [9.17, 15) is 8.42 Å². The Bertz CT molecular complexity index is 602. The summed E-state index contributed by atoms with van der Waals surface area (Å²) in [4.78, 5) is 4.53. The molecule has 0 fully saturated rings. The van der Waals surface area contributed by atoms with Gasteiger partial charge in [-0.15, -0.1) is 0 Å². The Kier molecular flexibility index (Phi) is 8.78.